The van der Waals surface area contributed by atoms with Gasteiger partial charge in [0, 0.05) is 18.5 Å². The summed E-state index contributed by atoms with van der Waals surface area (Å²) in [5.41, 5.74) is 1.60. The third kappa shape index (κ3) is 6.33. The monoisotopic (exact) mass is 415 g/mol. The summed E-state index contributed by atoms with van der Waals surface area (Å²) < 4.78 is 11.2. The molecule has 0 unspecified atom stereocenters. The van der Waals surface area contributed by atoms with Gasteiger partial charge in [-0.05, 0) is 36.2 Å². The maximum Gasteiger partial charge on any atom is 0.318 e. The maximum atomic E-state index is 12.6. The molecule has 0 saturated carbocycles. The van der Waals surface area contributed by atoms with E-state index in [2.05, 4.69) is 10.3 Å². The van der Waals surface area contributed by atoms with Gasteiger partial charge in [0.2, 0.25) is 0 Å². The minimum Gasteiger partial charge on any atom is -0.486 e. The number of rotatable bonds is 10. The number of hydrogen-bond donors (Lipinski definition) is 2. The van der Waals surface area contributed by atoms with Crippen LogP contribution in [0.1, 0.15) is 35.4 Å². The Morgan fingerprint density at radius 2 is 2.21 bits per heavy atom. The van der Waals surface area contributed by atoms with E-state index >= 15 is 0 Å². The van der Waals surface area contributed by atoms with E-state index in [0.29, 0.717) is 37.7 Å². The Kier molecular flexibility index (Phi) is 7.66. The Morgan fingerprint density at radius 1 is 1.31 bits per heavy atom. The molecule has 3 rings (SSSR count). The summed E-state index contributed by atoms with van der Waals surface area (Å²) in [7, 11) is 0. The molecule has 154 valence electrons. The van der Waals surface area contributed by atoms with Crippen LogP contribution in [0.4, 0.5) is 4.79 Å². The second-order valence-corrected chi connectivity index (χ2v) is 7.44. The zero-order chi connectivity index (χ0) is 20.5. The fourth-order valence-electron chi connectivity index (χ4n) is 2.72. The highest BCUT2D eigenvalue weighted by Crippen LogP contribution is 2.19. The molecule has 0 aliphatic rings. The van der Waals surface area contributed by atoms with Crippen molar-refractivity contribution in [3.8, 4) is 5.75 Å². The minimum absolute atomic E-state index is 0.0718. The minimum atomic E-state index is -0.131. The summed E-state index contributed by atoms with van der Waals surface area (Å²) in [6.45, 7) is 3.72. The van der Waals surface area contributed by atoms with E-state index in [1.54, 1.807) is 11.2 Å². The van der Waals surface area contributed by atoms with Crippen LogP contribution in [-0.4, -0.2) is 27.6 Å². The van der Waals surface area contributed by atoms with Crippen LogP contribution in [0.3, 0.4) is 0 Å². The number of nitrogens with zero attached hydrogens (tertiary/aromatic N) is 2. The fraction of sp³-hybridized carbons (Fsp3) is 0.333. The zero-order valence-corrected chi connectivity index (χ0v) is 17.2. The van der Waals surface area contributed by atoms with Gasteiger partial charge in [-0.2, -0.15) is 0 Å². The number of hydrogen-bond acceptors (Lipinski definition) is 6. The molecule has 0 atom stereocenters. The summed E-state index contributed by atoms with van der Waals surface area (Å²) in [5.74, 6) is 1.43. The predicted molar refractivity (Wildman–Crippen MR) is 110 cm³/mol. The molecule has 1 aromatic carbocycles. The van der Waals surface area contributed by atoms with Gasteiger partial charge < -0.3 is 24.5 Å². The number of urea groups is 1. The summed E-state index contributed by atoms with van der Waals surface area (Å²) in [5, 5.41) is 14.6. The molecule has 29 heavy (non-hydrogen) atoms. The van der Waals surface area contributed by atoms with E-state index in [1.807, 2.05) is 48.7 Å². The largest absolute Gasteiger partial charge is 0.486 e. The van der Waals surface area contributed by atoms with Gasteiger partial charge in [0.25, 0.3) is 0 Å². The Morgan fingerprint density at radius 3 is 2.93 bits per heavy atom. The number of aliphatic hydroxyl groups excluding tert-OH is 1. The predicted octanol–water partition coefficient (Wildman–Crippen LogP) is 3.93. The van der Waals surface area contributed by atoms with Crippen molar-refractivity contribution in [2.75, 3.05) is 6.54 Å². The maximum absolute atomic E-state index is 12.6. The van der Waals surface area contributed by atoms with Gasteiger partial charge in [0.1, 0.15) is 23.1 Å². The van der Waals surface area contributed by atoms with E-state index in [4.69, 9.17) is 14.3 Å². The summed E-state index contributed by atoms with van der Waals surface area (Å²) >= 11 is 1.45. The number of aliphatic hydroxyl groups is 1. The van der Waals surface area contributed by atoms with Crippen molar-refractivity contribution < 1.29 is 19.1 Å². The number of ether oxygens (including phenoxy) is 1. The van der Waals surface area contributed by atoms with Crippen LogP contribution < -0.4 is 10.1 Å². The highest BCUT2D eigenvalue weighted by atomic mass is 32.1. The number of carbonyl (C=O) groups excluding carboxylic acids is 1. The van der Waals surface area contributed by atoms with Crippen LogP contribution in [0.5, 0.6) is 5.75 Å². The quantitative estimate of drug-likeness (QED) is 0.524. The van der Waals surface area contributed by atoms with Crippen molar-refractivity contribution in [2.45, 2.75) is 39.6 Å². The lowest BCUT2D eigenvalue weighted by Crippen LogP contribution is -2.39. The molecule has 0 saturated heterocycles. The van der Waals surface area contributed by atoms with Crippen molar-refractivity contribution in [1.82, 2.24) is 15.2 Å². The molecule has 2 heterocycles. The molecule has 7 nitrogen and oxygen atoms in total. The van der Waals surface area contributed by atoms with Crippen molar-refractivity contribution in [1.29, 1.82) is 0 Å². The normalized spacial score (nSPS) is 10.7. The van der Waals surface area contributed by atoms with Crippen molar-refractivity contribution in [3.05, 3.63) is 70.1 Å². The molecule has 0 spiro atoms. The van der Waals surface area contributed by atoms with Gasteiger partial charge >= 0.3 is 6.03 Å². The molecule has 0 fully saturated rings. The van der Waals surface area contributed by atoms with E-state index in [9.17, 15) is 4.79 Å². The first-order valence-corrected chi connectivity index (χ1v) is 10.4. The molecular formula is C21H25N3O4S. The van der Waals surface area contributed by atoms with Gasteiger partial charge in [-0.3, -0.25) is 0 Å². The molecule has 2 amide bonds. The second kappa shape index (κ2) is 10.6. The summed E-state index contributed by atoms with van der Waals surface area (Å²) in [6, 6.07) is 11.2. The first kappa shape index (κ1) is 20.9. The Bertz CT molecular complexity index is 895. The van der Waals surface area contributed by atoms with Crippen molar-refractivity contribution in [3.63, 3.8) is 0 Å². The lowest BCUT2D eigenvalue weighted by atomic mass is 10.2. The SMILES string of the molecule is CCCNC(=O)N(Cc1cccc(OCc2nc(CO)cs2)c1)Cc1ccco1. The number of carbonyl (C=O) groups is 1. The van der Waals surface area contributed by atoms with Crippen molar-refractivity contribution in [2.24, 2.45) is 0 Å². The van der Waals surface area contributed by atoms with Crippen LogP contribution in [-0.2, 0) is 26.3 Å². The van der Waals surface area contributed by atoms with Gasteiger partial charge in [-0.25, -0.2) is 9.78 Å². The van der Waals surface area contributed by atoms with Crippen LogP contribution in [0.25, 0.3) is 0 Å². The van der Waals surface area contributed by atoms with Gasteiger partial charge in [0.15, 0.2) is 0 Å². The number of aromatic nitrogens is 1. The molecule has 2 aromatic heterocycles. The van der Waals surface area contributed by atoms with Gasteiger partial charge in [-0.1, -0.05) is 19.1 Å². The van der Waals surface area contributed by atoms with Crippen LogP contribution in [0.15, 0.2) is 52.5 Å². The summed E-state index contributed by atoms with van der Waals surface area (Å²) in [6.07, 6.45) is 2.48. The topological polar surface area (TPSA) is 87.8 Å². The van der Waals surface area contributed by atoms with Crippen LogP contribution >= 0.6 is 11.3 Å². The Labute approximate surface area is 173 Å². The number of amides is 2. The summed E-state index contributed by atoms with van der Waals surface area (Å²) in [4.78, 5) is 18.6. The van der Waals surface area contributed by atoms with E-state index < -0.39 is 0 Å². The van der Waals surface area contributed by atoms with Crippen LogP contribution in [0.2, 0.25) is 0 Å². The third-order valence-corrected chi connectivity index (χ3v) is 5.01. The Hall–Kier alpha value is -2.84. The number of benzene rings is 1. The van der Waals surface area contributed by atoms with Gasteiger partial charge in [-0.15, -0.1) is 11.3 Å². The van der Waals surface area contributed by atoms with E-state index in [1.165, 1.54) is 11.3 Å². The van der Waals surface area contributed by atoms with E-state index in [-0.39, 0.29) is 12.6 Å². The molecule has 0 radical (unpaired) electrons. The molecule has 8 heteroatoms. The molecular weight excluding hydrogens is 390 g/mol. The molecule has 0 aliphatic carbocycles. The highest BCUT2D eigenvalue weighted by molar-refractivity contribution is 7.09. The molecule has 2 N–H and O–H groups in total. The fourth-order valence-corrected chi connectivity index (χ4v) is 3.42. The molecule has 3 aromatic rings. The average molecular weight is 416 g/mol. The lowest BCUT2D eigenvalue weighted by Gasteiger charge is -2.22. The first-order chi connectivity index (χ1) is 14.2. The zero-order valence-electron chi connectivity index (χ0n) is 16.3. The second-order valence-electron chi connectivity index (χ2n) is 6.49. The molecule has 0 bridgehead atoms. The van der Waals surface area contributed by atoms with Gasteiger partial charge in [0.05, 0.1) is 25.1 Å². The molecule has 0 aliphatic heterocycles. The smallest absolute Gasteiger partial charge is 0.318 e. The Balaban J connectivity index is 1.65. The van der Waals surface area contributed by atoms with E-state index in [0.717, 1.165) is 22.8 Å². The first-order valence-electron chi connectivity index (χ1n) is 9.49. The van der Waals surface area contributed by atoms with Crippen LogP contribution in [0, 0.1) is 0 Å². The third-order valence-electron chi connectivity index (χ3n) is 4.14. The lowest BCUT2D eigenvalue weighted by molar-refractivity contribution is 0.187. The number of thiazole rings is 1. The van der Waals surface area contributed by atoms with Crippen molar-refractivity contribution >= 4 is 17.4 Å². The number of furan rings is 1. The average Bonchev–Trinajstić information content (AvgIpc) is 3.42. The standard InChI is InChI=1S/C21H25N3O4S/c1-2-8-22-21(26)24(12-19-7-4-9-27-19)11-16-5-3-6-18(10-16)28-14-20-23-17(13-25)15-29-20/h3-7,9-10,15,25H,2,8,11-14H2,1H3,(H,22,26). The highest BCUT2D eigenvalue weighted by Gasteiger charge is 2.16. The number of nitrogens with one attached hydrogen (secondary N) is 1.